The molecule has 20 heavy (non-hydrogen) atoms. The Morgan fingerprint density at radius 2 is 1.95 bits per heavy atom. The number of hydrogen-bond acceptors (Lipinski definition) is 3. The topological polar surface area (TPSA) is 70.5 Å². The van der Waals surface area contributed by atoms with Crippen molar-refractivity contribution in [1.29, 1.82) is 0 Å². The quantitative estimate of drug-likeness (QED) is 0.918. The van der Waals surface area contributed by atoms with Gasteiger partial charge in [-0.15, -0.1) is 0 Å². The molecule has 1 N–H and O–H groups in total. The van der Waals surface area contributed by atoms with E-state index in [1.807, 2.05) is 33.8 Å². The maximum Gasteiger partial charge on any atom is 0.308 e. The first-order valence-electron chi connectivity index (χ1n) is 6.60. The lowest BCUT2D eigenvalue weighted by atomic mass is 9.94. The Labute approximate surface area is 119 Å². The van der Waals surface area contributed by atoms with Gasteiger partial charge >= 0.3 is 5.97 Å². The molecular formula is C15H22N2O3. The molecule has 5 heteroatoms. The largest absolute Gasteiger partial charge is 0.481 e. The second-order valence-corrected chi connectivity index (χ2v) is 6.10. The van der Waals surface area contributed by atoms with Crippen LogP contribution < -0.4 is 4.90 Å². The number of amides is 1. The van der Waals surface area contributed by atoms with Gasteiger partial charge in [0, 0.05) is 18.2 Å². The second kappa shape index (κ2) is 6.03. The zero-order valence-electron chi connectivity index (χ0n) is 12.7. The van der Waals surface area contributed by atoms with E-state index in [9.17, 15) is 9.59 Å². The summed E-state index contributed by atoms with van der Waals surface area (Å²) in [4.78, 5) is 29.2. The first kappa shape index (κ1) is 16.1. The number of rotatable bonds is 4. The van der Waals surface area contributed by atoms with Gasteiger partial charge < -0.3 is 5.11 Å². The molecule has 0 spiro atoms. The molecule has 0 saturated heterocycles. The minimum absolute atomic E-state index is 0.113. The van der Waals surface area contributed by atoms with Gasteiger partial charge in [0.25, 0.3) is 0 Å². The average molecular weight is 278 g/mol. The highest BCUT2D eigenvalue weighted by molar-refractivity contribution is 5.96. The molecule has 1 aromatic heterocycles. The molecule has 0 aliphatic carbocycles. The Balaban J connectivity index is 3.10. The van der Waals surface area contributed by atoms with Crippen LogP contribution in [0.25, 0.3) is 0 Å². The summed E-state index contributed by atoms with van der Waals surface area (Å²) in [5.74, 6) is -1.22. The van der Waals surface area contributed by atoms with Crippen molar-refractivity contribution in [3.05, 3.63) is 23.9 Å². The molecule has 1 amide bonds. The predicted octanol–water partition coefficient (Wildman–Crippen LogP) is 2.49. The van der Waals surface area contributed by atoms with Gasteiger partial charge in [-0.05, 0) is 18.6 Å². The zero-order valence-corrected chi connectivity index (χ0v) is 12.7. The van der Waals surface area contributed by atoms with Crippen molar-refractivity contribution in [2.24, 2.45) is 11.3 Å². The number of carbonyl (C=O) groups is 2. The Hall–Kier alpha value is -1.91. The van der Waals surface area contributed by atoms with Crippen LogP contribution in [0.5, 0.6) is 0 Å². The lowest BCUT2D eigenvalue weighted by molar-refractivity contribution is -0.140. The van der Waals surface area contributed by atoms with Crippen molar-refractivity contribution in [2.75, 3.05) is 11.4 Å². The summed E-state index contributed by atoms with van der Waals surface area (Å²) in [6.07, 6.45) is 1.67. The standard InChI is InChI=1S/C15H22N2O3/c1-10-6-7-12(16-8-10)17(9-11(2)13(18)19)14(20)15(3,4)5/h6-8,11H,9H2,1-5H3,(H,18,19). The van der Waals surface area contributed by atoms with E-state index in [4.69, 9.17) is 5.11 Å². The molecule has 1 unspecified atom stereocenters. The van der Waals surface area contributed by atoms with Crippen molar-refractivity contribution < 1.29 is 14.7 Å². The third-order valence-electron chi connectivity index (χ3n) is 2.94. The van der Waals surface area contributed by atoms with E-state index in [0.717, 1.165) is 5.56 Å². The molecular weight excluding hydrogens is 256 g/mol. The van der Waals surface area contributed by atoms with Crippen LogP contribution in [0, 0.1) is 18.3 Å². The van der Waals surface area contributed by atoms with Gasteiger partial charge in [-0.2, -0.15) is 0 Å². The van der Waals surface area contributed by atoms with Crippen molar-refractivity contribution in [1.82, 2.24) is 4.98 Å². The first-order valence-corrected chi connectivity index (χ1v) is 6.60. The number of hydrogen-bond donors (Lipinski definition) is 1. The van der Waals surface area contributed by atoms with Crippen LogP contribution in [0.1, 0.15) is 33.3 Å². The van der Waals surface area contributed by atoms with Crippen LogP contribution in [0.2, 0.25) is 0 Å². The van der Waals surface area contributed by atoms with E-state index in [2.05, 4.69) is 4.98 Å². The van der Waals surface area contributed by atoms with Crippen molar-refractivity contribution >= 4 is 17.7 Å². The van der Waals surface area contributed by atoms with Crippen LogP contribution in [-0.2, 0) is 9.59 Å². The summed E-state index contributed by atoms with van der Waals surface area (Å²) in [6.45, 7) is 9.03. The fourth-order valence-electron chi connectivity index (χ4n) is 1.66. The number of aromatic nitrogens is 1. The van der Waals surface area contributed by atoms with E-state index in [-0.39, 0.29) is 12.5 Å². The van der Waals surface area contributed by atoms with Gasteiger partial charge in [0.15, 0.2) is 0 Å². The van der Waals surface area contributed by atoms with Gasteiger partial charge in [-0.3, -0.25) is 14.5 Å². The van der Waals surface area contributed by atoms with E-state index < -0.39 is 17.3 Å². The number of anilines is 1. The summed E-state index contributed by atoms with van der Waals surface area (Å²) >= 11 is 0. The molecule has 1 heterocycles. The van der Waals surface area contributed by atoms with Crippen LogP contribution in [0.3, 0.4) is 0 Å². The van der Waals surface area contributed by atoms with Gasteiger partial charge in [0.05, 0.1) is 5.92 Å². The Morgan fingerprint density at radius 3 is 2.35 bits per heavy atom. The smallest absolute Gasteiger partial charge is 0.308 e. The van der Waals surface area contributed by atoms with Crippen LogP contribution in [-0.4, -0.2) is 28.5 Å². The Morgan fingerprint density at radius 1 is 1.35 bits per heavy atom. The number of nitrogens with zero attached hydrogens (tertiary/aromatic N) is 2. The minimum Gasteiger partial charge on any atom is -0.481 e. The Bertz CT molecular complexity index is 489. The highest BCUT2D eigenvalue weighted by atomic mass is 16.4. The molecule has 0 aromatic carbocycles. The molecule has 0 aliphatic heterocycles. The monoisotopic (exact) mass is 278 g/mol. The maximum atomic E-state index is 12.5. The van der Waals surface area contributed by atoms with E-state index in [1.54, 1.807) is 19.2 Å². The molecule has 0 bridgehead atoms. The lowest BCUT2D eigenvalue weighted by Gasteiger charge is -2.30. The third kappa shape index (κ3) is 4.05. The van der Waals surface area contributed by atoms with Crippen LogP contribution in [0.4, 0.5) is 5.82 Å². The Kier molecular flexibility index (Phi) is 4.87. The molecule has 0 radical (unpaired) electrons. The average Bonchev–Trinajstić information content (AvgIpc) is 2.34. The maximum absolute atomic E-state index is 12.5. The summed E-state index contributed by atoms with van der Waals surface area (Å²) in [6, 6.07) is 3.60. The molecule has 1 rings (SSSR count). The number of pyridine rings is 1. The van der Waals surface area contributed by atoms with Crippen LogP contribution >= 0.6 is 0 Å². The molecule has 1 aromatic rings. The number of carbonyl (C=O) groups excluding carboxylic acids is 1. The number of aryl methyl sites for hydroxylation is 1. The van der Waals surface area contributed by atoms with E-state index >= 15 is 0 Å². The highest BCUT2D eigenvalue weighted by Crippen LogP contribution is 2.23. The van der Waals surface area contributed by atoms with Gasteiger partial charge in [-0.25, -0.2) is 4.98 Å². The molecule has 110 valence electrons. The minimum atomic E-state index is -0.927. The summed E-state index contributed by atoms with van der Waals surface area (Å²) in [5.41, 5.74) is 0.397. The lowest BCUT2D eigenvalue weighted by Crippen LogP contribution is -2.43. The zero-order chi connectivity index (χ0) is 15.5. The van der Waals surface area contributed by atoms with Gasteiger partial charge in [0.1, 0.15) is 5.82 Å². The second-order valence-electron chi connectivity index (χ2n) is 6.10. The first-order chi connectivity index (χ1) is 9.12. The van der Waals surface area contributed by atoms with Gasteiger partial charge in [-0.1, -0.05) is 33.8 Å². The number of aliphatic carboxylic acids is 1. The molecule has 1 atom stereocenters. The van der Waals surface area contributed by atoms with E-state index in [0.29, 0.717) is 5.82 Å². The highest BCUT2D eigenvalue weighted by Gasteiger charge is 2.31. The van der Waals surface area contributed by atoms with Crippen LogP contribution in [0.15, 0.2) is 18.3 Å². The molecule has 0 aliphatic rings. The van der Waals surface area contributed by atoms with Crippen molar-refractivity contribution in [3.63, 3.8) is 0 Å². The fourth-order valence-corrected chi connectivity index (χ4v) is 1.66. The van der Waals surface area contributed by atoms with E-state index in [1.165, 1.54) is 4.90 Å². The molecule has 0 saturated carbocycles. The number of carboxylic acids is 1. The van der Waals surface area contributed by atoms with Crippen molar-refractivity contribution in [2.45, 2.75) is 34.6 Å². The predicted molar refractivity (Wildman–Crippen MR) is 77.6 cm³/mol. The summed E-state index contributed by atoms with van der Waals surface area (Å²) in [7, 11) is 0. The molecule has 5 nitrogen and oxygen atoms in total. The third-order valence-corrected chi connectivity index (χ3v) is 2.94. The summed E-state index contributed by atoms with van der Waals surface area (Å²) < 4.78 is 0. The number of carboxylic acid groups (broad SMARTS) is 1. The molecule has 0 fully saturated rings. The fraction of sp³-hybridized carbons (Fsp3) is 0.533. The van der Waals surface area contributed by atoms with Crippen molar-refractivity contribution in [3.8, 4) is 0 Å². The van der Waals surface area contributed by atoms with Gasteiger partial charge in [0.2, 0.25) is 5.91 Å². The normalized spacial score (nSPS) is 12.8. The summed E-state index contributed by atoms with van der Waals surface area (Å²) in [5, 5.41) is 9.05. The SMILES string of the molecule is Cc1ccc(N(CC(C)C(=O)O)C(=O)C(C)(C)C)nc1.